The second-order valence-corrected chi connectivity index (χ2v) is 6.04. The molecule has 0 aromatic rings. The lowest BCUT2D eigenvalue weighted by Crippen LogP contribution is -2.19. The molecule has 2 aliphatic rings. The second-order valence-electron chi connectivity index (χ2n) is 6.04. The first-order chi connectivity index (χ1) is 9.86. The van der Waals surface area contributed by atoms with Gasteiger partial charge in [-0.15, -0.1) is 0 Å². The monoisotopic (exact) mass is 273 g/mol. The van der Waals surface area contributed by atoms with Crippen LogP contribution in [0.5, 0.6) is 0 Å². The van der Waals surface area contributed by atoms with Crippen molar-refractivity contribution in [3.8, 4) is 6.07 Å². The maximum absolute atomic E-state index is 8.59. The number of hydrogen-bond acceptors (Lipinski definition) is 2. The zero-order valence-electron chi connectivity index (χ0n) is 12.7. The van der Waals surface area contributed by atoms with Crippen LogP contribution in [0.15, 0.2) is 23.5 Å². The van der Waals surface area contributed by atoms with Gasteiger partial charge in [0.05, 0.1) is 12.7 Å². The molecule has 110 valence electrons. The van der Waals surface area contributed by atoms with Crippen LogP contribution in [-0.4, -0.2) is 6.61 Å². The number of hydrogen-bond donors (Lipinski definition) is 0. The van der Waals surface area contributed by atoms with Gasteiger partial charge in [-0.3, -0.25) is 0 Å². The van der Waals surface area contributed by atoms with Crippen LogP contribution in [0.1, 0.15) is 64.7 Å². The van der Waals surface area contributed by atoms with Crippen molar-refractivity contribution in [2.45, 2.75) is 64.7 Å². The van der Waals surface area contributed by atoms with Crippen LogP contribution in [0.25, 0.3) is 0 Å². The average Bonchev–Trinajstić information content (AvgIpc) is 2.94. The maximum Gasteiger partial charge on any atom is 0.118 e. The Morgan fingerprint density at radius 2 is 2.25 bits per heavy atom. The fourth-order valence-corrected chi connectivity index (χ4v) is 3.66. The molecule has 0 bridgehead atoms. The highest BCUT2D eigenvalue weighted by Crippen LogP contribution is 2.40. The fourth-order valence-electron chi connectivity index (χ4n) is 3.66. The van der Waals surface area contributed by atoms with E-state index in [-0.39, 0.29) is 0 Å². The van der Waals surface area contributed by atoms with Crippen molar-refractivity contribution in [1.82, 2.24) is 0 Å². The third kappa shape index (κ3) is 3.88. The van der Waals surface area contributed by atoms with Crippen molar-refractivity contribution >= 4 is 0 Å². The molecule has 0 saturated carbocycles. The Balaban J connectivity index is 1.88. The molecule has 20 heavy (non-hydrogen) atoms. The number of rotatable bonds is 8. The lowest BCUT2D eigenvalue weighted by atomic mass is 9.75. The predicted molar refractivity (Wildman–Crippen MR) is 81.9 cm³/mol. The summed E-state index contributed by atoms with van der Waals surface area (Å²) in [5, 5.41) is 8.59. The highest BCUT2D eigenvalue weighted by molar-refractivity contribution is 5.30. The number of allylic oxidation sites excluding steroid dienone is 2. The van der Waals surface area contributed by atoms with E-state index in [1.807, 2.05) is 0 Å². The molecule has 1 aliphatic heterocycles. The van der Waals surface area contributed by atoms with Crippen LogP contribution >= 0.6 is 0 Å². The molecule has 0 fully saturated rings. The van der Waals surface area contributed by atoms with Crippen molar-refractivity contribution < 1.29 is 4.74 Å². The summed E-state index contributed by atoms with van der Waals surface area (Å²) < 4.78 is 5.73. The minimum atomic E-state index is 0.716. The average molecular weight is 273 g/mol. The molecule has 2 unspecified atom stereocenters. The Hall–Kier alpha value is -1.23. The molecular formula is C18H27NO. The van der Waals surface area contributed by atoms with Gasteiger partial charge < -0.3 is 4.74 Å². The van der Waals surface area contributed by atoms with Crippen molar-refractivity contribution in [1.29, 1.82) is 5.26 Å². The van der Waals surface area contributed by atoms with Gasteiger partial charge >= 0.3 is 0 Å². The molecule has 1 heterocycles. The van der Waals surface area contributed by atoms with E-state index in [9.17, 15) is 0 Å². The van der Waals surface area contributed by atoms with Gasteiger partial charge in [-0.1, -0.05) is 38.7 Å². The third-order valence-electron chi connectivity index (χ3n) is 4.64. The maximum atomic E-state index is 8.59. The minimum absolute atomic E-state index is 0.716. The number of nitriles is 1. The van der Waals surface area contributed by atoms with Crippen LogP contribution in [0, 0.1) is 23.2 Å². The molecule has 0 spiro atoms. The second kappa shape index (κ2) is 8.15. The Labute approximate surface area is 123 Å². The standard InChI is InChI=1S/C18H27NO/c1-2-8-15(9-5-3-4-6-13-19)16-10-7-11-18-17(16)12-14-20-18/h7,11,15-16H,2-6,8-10,12,14H2,1H3. The molecule has 0 saturated heterocycles. The molecular weight excluding hydrogens is 246 g/mol. The van der Waals surface area contributed by atoms with Crippen molar-refractivity contribution in [3.63, 3.8) is 0 Å². The van der Waals surface area contributed by atoms with Gasteiger partial charge in [0.2, 0.25) is 0 Å². The van der Waals surface area contributed by atoms with Gasteiger partial charge in [-0.25, -0.2) is 0 Å². The Bertz CT molecular complexity index is 402. The third-order valence-corrected chi connectivity index (χ3v) is 4.64. The van der Waals surface area contributed by atoms with Crippen LogP contribution in [-0.2, 0) is 4.74 Å². The number of ether oxygens (including phenoxy) is 1. The zero-order chi connectivity index (χ0) is 14.2. The van der Waals surface area contributed by atoms with E-state index >= 15 is 0 Å². The summed E-state index contributed by atoms with van der Waals surface area (Å²) in [5.74, 6) is 2.69. The molecule has 2 heteroatoms. The molecule has 0 N–H and O–H groups in total. The zero-order valence-corrected chi connectivity index (χ0v) is 12.7. The molecule has 0 radical (unpaired) electrons. The van der Waals surface area contributed by atoms with Crippen molar-refractivity contribution in [3.05, 3.63) is 23.5 Å². The van der Waals surface area contributed by atoms with E-state index in [2.05, 4.69) is 25.1 Å². The van der Waals surface area contributed by atoms with Crippen LogP contribution < -0.4 is 0 Å². The summed E-state index contributed by atoms with van der Waals surface area (Å²) in [5.41, 5.74) is 1.59. The first kappa shape index (κ1) is 15.2. The summed E-state index contributed by atoms with van der Waals surface area (Å²) in [6.07, 6.45) is 15.0. The largest absolute Gasteiger partial charge is 0.493 e. The Morgan fingerprint density at radius 1 is 1.35 bits per heavy atom. The summed E-state index contributed by atoms with van der Waals surface area (Å²) in [4.78, 5) is 0. The smallest absolute Gasteiger partial charge is 0.118 e. The number of nitrogens with zero attached hydrogens (tertiary/aromatic N) is 1. The van der Waals surface area contributed by atoms with E-state index in [0.717, 1.165) is 25.4 Å². The first-order valence-electron chi connectivity index (χ1n) is 8.26. The summed E-state index contributed by atoms with van der Waals surface area (Å²) in [6.45, 7) is 3.17. The fraction of sp³-hybridized carbons (Fsp3) is 0.722. The molecule has 2 nitrogen and oxygen atoms in total. The number of unbranched alkanes of at least 4 members (excludes halogenated alkanes) is 3. The van der Waals surface area contributed by atoms with Gasteiger partial charge in [0.25, 0.3) is 0 Å². The van der Waals surface area contributed by atoms with E-state index in [4.69, 9.17) is 10.00 Å². The molecule has 0 amide bonds. The van der Waals surface area contributed by atoms with Gasteiger partial charge in [-0.05, 0) is 42.7 Å². The Kier molecular flexibility index (Phi) is 6.18. The highest BCUT2D eigenvalue weighted by Gasteiger charge is 2.30. The van der Waals surface area contributed by atoms with Gasteiger partial charge in [0.15, 0.2) is 0 Å². The minimum Gasteiger partial charge on any atom is -0.493 e. The summed E-state index contributed by atoms with van der Waals surface area (Å²) in [7, 11) is 0. The van der Waals surface area contributed by atoms with Crippen molar-refractivity contribution in [2.75, 3.05) is 6.61 Å². The van der Waals surface area contributed by atoms with Crippen molar-refractivity contribution in [2.24, 2.45) is 11.8 Å². The summed E-state index contributed by atoms with van der Waals surface area (Å²) >= 11 is 0. The van der Waals surface area contributed by atoms with Crippen LogP contribution in [0.4, 0.5) is 0 Å². The van der Waals surface area contributed by atoms with E-state index in [0.29, 0.717) is 12.3 Å². The van der Waals surface area contributed by atoms with Gasteiger partial charge in [0, 0.05) is 12.8 Å². The topological polar surface area (TPSA) is 33.0 Å². The molecule has 0 aromatic heterocycles. The first-order valence-corrected chi connectivity index (χ1v) is 8.26. The van der Waals surface area contributed by atoms with E-state index in [1.54, 1.807) is 5.57 Å². The lowest BCUT2D eigenvalue weighted by molar-refractivity contribution is 0.255. The van der Waals surface area contributed by atoms with E-state index in [1.165, 1.54) is 44.3 Å². The van der Waals surface area contributed by atoms with Gasteiger partial charge in [-0.2, -0.15) is 5.26 Å². The predicted octanol–water partition coefficient (Wildman–Crippen LogP) is 5.13. The molecule has 2 atom stereocenters. The van der Waals surface area contributed by atoms with Crippen LogP contribution in [0.2, 0.25) is 0 Å². The SMILES string of the molecule is CCCC(CCCCCC#N)C1CC=CC2=C1CCO2. The highest BCUT2D eigenvalue weighted by atomic mass is 16.5. The summed E-state index contributed by atoms with van der Waals surface area (Å²) in [6, 6.07) is 2.24. The molecule has 1 aliphatic carbocycles. The van der Waals surface area contributed by atoms with E-state index < -0.39 is 0 Å². The molecule has 0 aromatic carbocycles. The normalized spacial score (nSPS) is 22.3. The Morgan fingerprint density at radius 3 is 3.05 bits per heavy atom. The van der Waals surface area contributed by atoms with Gasteiger partial charge in [0.1, 0.15) is 5.76 Å². The quantitative estimate of drug-likeness (QED) is 0.574. The lowest BCUT2D eigenvalue weighted by Gasteiger charge is -2.29. The van der Waals surface area contributed by atoms with Crippen LogP contribution in [0.3, 0.4) is 0 Å². The molecule has 2 rings (SSSR count).